The zero-order valence-corrected chi connectivity index (χ0v) is 13.7. The number of nitrogens with one attached hydrogen (secondary N) is 1. The van der Waals surface area contributed by atoms with Gasteiger partial charge in [0.05, 0.1) is 0 Å². The average Bonchev–Trinajstić information content (AvgIpc) is 2.36. The van der Waals surface area contributed by atoms with Crippen molar-refractivity contribution in [3.63, 3.8) is 0 Å². The van der Waals surface area contributed by atoms with Gasteiger partial charge in [0.25, 0.3) is 5.91 Å². The van der Waals surface area contributed by atoms with E-state index in [2.05, 4.69) is 5.32 Å². The summed E-state index contributed by atoms with van der Waals surface area (Å²) in [5, 5.41) is 11.9. The van der Waals surface area contributed by atoms with Crippen LogP contribution in [0.25, 0.3) is 0 Å². The molecule has 0 saturated carbocycles. The lowest BCUT2D eigenvalue weighted by Crippen LogP contribution is -2.41. The Hall–Kier alpha value is -1.55. The van der Waals surface area contributed by atoms with E-state index < -0.39 is 0 Å². The summed E-state index contributed by atoms with van der Waals surface area (Å²) in [5.41, 5.74) is 3.26. The number of aliphatic hydroxyl groups is 1. The zero-order valence-electron chi connectivity index (χ0n) is 13.7. The van der Waals surface area contributed by atoms with Gasteiger partial charge in [0, 0.05) is 12.6 Å². The largest absolute Gasteiger partial charge is 0.483 e. The molecule has 0 bridgehead atoms. The van der Waals surface area contributed by atoms with Gasteiger partial charge < -0.3 is 15.2 Å². The first-order valence-corrected chi connectivity index (χ1v) is 7.46. The second-order valence-electron chi connectivity index (χ2n) is 5.95. The molecule has 118 valence electrons. The summed E-state index contributed by atoms with van der Waals surface area (Å²) in [5.74, 6) is 0.907. The Morgan fingerprint density at radius 2 is 1.81 bits per heavy atom. The summed E-state index contributed by atoms with van der Waals surface area (Å²) in [7, 11) is 0. The highest BCUT2D eigenvalue weighted by molar-refractivity contribution is 5.78. The van der Waals surface area contributed by atoms with E-state index in [-0.39, 0.29) is 31.1 Å². The molecule has 0 fully saturated rings. The summed E-state index contributed by atoms with van der Waals surface area (Å²) >= 11 is 0. The Labute approximate surface area is 127 Å². The average molecular weight is 293 g/mol. The second kappa shape index (κ2) is 8.03. The van der Waals surface area contributed by atoms with E-state index >= 15 is 0 Å². The highest BCUT2D eigenvalue weighted by atomic mass is 16.5. The molecule has 1 atom stereocenters. The zero-order chi connectivity index (χ0) is 16.0. The van der Waals surface area contributed by atoms with E-state index in [0.717, 1.165) is 16.9 Å². The molecule has 1 aromatic rings. The van der Waals surface area contributed by atoms with Crippen LogP contribution in [0, 0.1) is 26.7 Å². The van der Waals surface area contributed by atoms with Gasteiger partial charge in [-0.15, -0.1) is 0 Å². The van der Waals surface area contributed by atoms with Gasteiger partial charge in [0.1, 0.15) is 5.75 Å². The standard InChI is InChI=1S/C17H27NO3/c1-11(2)15(6-7-19)18-16(20)10-21-17-13(4)8-12(3)9-14(17)5/h8-9,11,15,19H,6-7,10H2,1-5H3,(H,18,20). The molecule has 0 radical (unpaired) electrons. The molecule has 0 aliphatic heterocycles. The first-order valence-electron chi connectivity index (χ1n) is 7.46. The molecule has 0 aromatic heterocycles. The van der Waals surface area contributed by atoms with Gasteiger partial charge in [-0.05, 0) is 44.2 Å². The summed E-state index contributed by atoms with van der Waals surface area (Å²) in [4.78, 5) is 12.0. The first-order chi connectivity index (χ1) is 9.85. The van der Waals surface area contributed by atoms with E-state index in [1.807, 2.05) is 46.8 Å². The maximum atomic E-state index is 12.0. The van der Waals surface area contributed by atoms with Crippen molar-refractivity contribution < 1.29 is 14.6 Å². The Morgan fingerprint density at radius 3 is 2.29 bits per heavy atom. The Bertz CT molecular complexity index is 460. The van der Waals surface area contributed by atoms with Crippen molar-refractivity contribution in [3.05, 3.63) is 28.8 Å². The van der Waals surface area contributed by atoms with Crippen molar-refractivity contribution in [2.45, 2.75) is 47.1 Å². The van der Waals surface area contributed by atoms with E-state index in [1.54, 1.807) is 0 Å². The minimum Gasteiger partial charge on any atom is -0.483 e. The first kappa shape index (κ1) is 17.5. The fourth-order valence-corrected chi connectivity index (χ4v) is 2.49. The van der Waals surface area contributed by atoms with E-state index in [4.69, 9.17) is 9.84 Å². The predicted molar refractivity (Wildman–Crippen MR) is 84.6 cm³/mol. The summed E-state index contributed by atoms with van der Waals surface area (Å²) < 4.78 is 5.67. The van der Waals surface area contributed by atoms with Crippen molar-refractivity contribution in [1.82, 2.24) is 5.32 Å². The summed E-state index contributed by atoms with van der Waals surface area (Å²) in [6, 6.07) is 4.07. The second-order valence-corrected chi connectivity index (χ2v) is 5.95. The molecule has 0 aliphatic carbocycles. The van der Waals surface area contributed by atoms with Crippen molar-refractivity contribution in [2.75, 3.05) is 13.2 Å². The summed E-state index contributed by atoms with van der Waals surface area (Å²) in [6.07, 6.45) is 0.562. The van der Waals surface area contributed by atoms with Crippen molar-refractivity contribution in [1.29, 1.82) is 0 Å². The monoisotopic (exact) mass is 293 g/mol. The number of hydrogen-bond acceptors (Lipinski definition) is 3. The van der Waals surface area contributed by atoms with Crippen molar-refractivity contribution in [3.8, 4) is 5.75 Å². The van der Waals surface area contributed by atoms with Crippen molar-refractivity contribution in [2.24, 2.45) is 5.92 Å². The molecule has 0 aliphatic rings. The smallest absolute Gasteiger partial charge is 0.258 e. The predicted octanol–water partition coefficient (Wildman–Crippen LogP) is 2.51. The minimum atomic E-state index is -0.151. The van der Waals surface area contributed by atoms with Gasteiger partial charge in [-0.2, -0.15) is 0 Å². The SMILES string of the molecule is Cc1cc(C)c(OCC(=O)NC(CCO)C(C)C)c(C)c1. The lowest BCUT2D eigenvalue weighted by atomic mass is 10.0. The molecule has 1 rings (SSSR count). The normalized spacial score (nSPS) is 12.3. The molecule has 4 nitrogen and oxygen atoms in total. The third-order valence-corrected chi connectivity index (χ3v) is 3.54. The molecular formula is C17H27NO3. The number of carbonyl (C=O) groups excluding carboxylic acids is 1. The van der Waals surface area contributed by atoms with Crippen LogP contribution in [0.5, 0.6) is 5.75 Å². The number of amides is 1. The van der Waals surface area contributed by atoms with Crippen LogP contribution in [-0.4, -0.2) is 30.3 Å². The number of rotatable bonds is 7. The number of aliphatic hydroxyl groups excluding tert-OH is 1. The molecule has 0 heterocycles. The molecule has 1 aromatic carbocycles. The van der Waals surface area contributed by atoms with Crippen molar-refractivity contribution >= 4 is 5.91 Å². The fourth-order valence-electron chi connectivity index (χ4n) is 2.49. The van der Waals surface area contributed by atoms with Crippen LogP contribution in [0.15, 0.2) is 12.1 Å². The molecule has 21 heavy (non-hydrogen) atoms. The van der Waals surface area contributed by atoms with Crippen LogP contribution in [0.1, 0.15) is 37.0 Å². The lowest BCUT2D eigenvalue weighted by molar-refractivity contribution is -0.124. The van der Waals surface area contributed by atoms with Gasteiger partial charge >= 0.3 is 0 Å². The van der Waals surface area contributed by atoms with Gasteiger partial charge in [0.15, 0.2) is 6.61 Å². The van der Waals surface area contributed by atoms with Crippen LogP contribution >= 0.6 is 0 Å². The molecule has 0 spiro atoms. The topological polar surface area (TPSA) is 58.6 Å². The van der Waals surface area contributed by atoms with Crippen LogP contribution in [-0.2, 0) is 4.79 Å². The quantitative estimate of drug-likeness (QED) is 0.812. The Morgan fingerprint density at radius 1 is 1.24 bits per heavy atom. The Kier molecular flexibility index (Phi) is 6.69. The third kappa shape index (κ3) is 5.38. The molecule has 4 heteroatoms. The summed E-state index contributed by atoms with van der Waals surface area (Å²) in [6.45, 7) is 10.1. The number of carbonyl (C=O) groups is 1. The van der Waals surface area contributed by atoms with Crippen LogP contribution < -0.4 is 10.1 Å². The van der Waals surface area contributed by atoms with Crippen LogP contribution in [0.4, 0.5) is 0 Å². The van der Waals surface area contributed by atoms with Crippen LogP contribution in [0.3, 0.4) is 0 Å². The maximum Gasteiger partial charge on any atom is 0.258 e. The van der Waals surface area contributed by atoms with Gasteiger partial charge in [0.2, 0.25) is 0 Å². The van der Waals surface area contributed by atoms with Gasteiger partial charge in [-0.3, -0.25) is 4.79 Å². The number of aryl methyl sites for hydroxylation is 3. The van der Waals surface area contributed by atoms with E-state index in [1.165, 1.54) is 5.56 Å². The minimum absolute atomic E-state index is 0.000606. The number of benzene rings is 1. The molecular weight excluding hydrogens is 266 g/mol. The lowest BCUT2D eigenvalue weighted by Gasteiger charge is -2.22. The molecule has 1 amide bonds. The maximum absolute atomic E-state index is 12.0. The number of ether oxygens (including phenoxy) is 1. The Balaban J connectivity index is 2.61. The van der Waals surface area contributed by atoms with E-state index in [9.17, 15) is 4.79 Å². The number of hydrogen-bond donors (Lipinski definition) is 2. The van der Waals surface area contributed by atoms with Gasteiger partial charge in [-0.25, -0.2) is 0 Å². The van der Waals surface area contributed by atoms with E-state index in [0.29, 0.717) is 6.42 Å². The molecule has 0 saturated heterocycles. The molecule has 1 unspecified atom stereocenters. The highest BCUT2D eigenvalue weighted by Gasteiger charge is 2.16. The molecule has 2 N–H and O–H groups in total. The van der Waals surface area contributed by atoms with Crippen LogP contribution in [0.2, 0.25) is 0 Å². The fraction of sp³-hybridized carbons (Fsp3) is 0.588. The third-order valence-electron chi connectivity index (χ3n) is 3.54. The highest BCUT2D eigenvalue weighted by Crippen LogP contribution is 2.24. The van der Waals surface area contributed by atoms with Gasteiger partial charge in [-0.1, -0.05) is 31.5 Å².